The van der Waals surface area contributed by atoms with Gasteiger partial charge in [0.05, 0.1) is 17.4 Å². The average Bonchev–Trinajstić information content (AvgIpc) is 2.66. The summed E-state index contributed by atoms with van der Waals surface area (Å²) in [5.74, 6) is 0.365. The quantitative estimate of drug-likeness (QED) is 0.537. The monoisotopic (exact) mass is 422 g/mol. The van der Waals surface area contributed by atoms with E-state index in [1.54, 1.807) is 12.3 Å². The van der Waals surface area contributed by atoms with Crippen molar-refractivity contribution in [2.75, 3.05) is 23.3 Å². The first-order valence-corrected chi connectivity index (χ1v) is 9.85. The maximum absolute atomic E-state index is 12.4. The Morgan fingerprint density at radius 2 is 1.87 bits per heavy atom. The molecule has 2 aromatic rings. The molecule has 1 fully saturated rings. The SMILES string of the molecule is CCC(CC)C(=N)c1c(Nc2ccc(OC(F)(F)F)cc2)ccnc1N1CC(O)C1. The fourth-order valence-corrected chi connectivity index (χ4v) is 3.48. The molecule has 9 heteroatoms. The Hall–Kier alpha value is -2.81. The van der Waals surface area contributed by atoms with Crippen LogP contribution in [0.2, 0.25) is 0 Å². The van der Waals surface area contributed by atoms with Gasteiger partial charge in [-0.2, -0.15) is 0 Å². The van der Waals surface area contributed by atoms with E-state index in [2.05, 4.69) is 15.0 Å². The number of hydrogen-bond donors (Lipinski definition) is 3. The van der Waals surface area contributed by atoms with Crippen LogP contribution in [0.25, 0.3) is 0 Å². The normalized spacial score (nSPS) is 14.6. The van der Waals surface area contributed by atoms with Crippen molar-refractivity contribution in [3.63, 3.8) is 0 Å². The number of aliphatic hydroxyl groups is 1. The van der Waals surface area contributed by atoms with Crippen LogP contribution in [0.1, 0.15) is 32.3 Å². The Balaban J connectivity index is 1.92. The molecule has 1 aliphatic rings. The van der Waals surface area contributed by atoms with Crippen LogP contribution in [-0.4, -0.2) is 41.4 Å². The van der Waals surface area contributed by atoms with Gasteiger partial charge in [-0.25, -0.2) is 4.98 Å². The fourth-order valence-electron chi connectivity index (χ4n) is 3.48. The number of alkyl halides is 3. The van der Waals surface area contributed by atoms with Crippen LogP contribution in [0.3, 0.4) is 0 Å². The van der Waals surface area contributed by atoms with Gasteiger partial charge in [0.1, 0.15) is 11.6 Å². The molecule has 1 aliphatic heterocycles. The average molecular weight is 422 g/mol. The number of β-amino-alcohol motifs (C(OH)–C–C–N with tert-alkyl or cyclic N) is 1. The largest absolute Gasteiger partial charge is 0.573 e. The predicted molar refractivity (Wildman–Crippen MR) is 110 cm³/mol. The van der Waals surface area contributed by atoms with Crippen molar-refractivity contribution in [3.05, 3.63) is 42.1 Å². The van der Waals surface area contributed by atoms with Gasteiger partial charge < -0.3 is 25.5 Å². The first-order valence-electron chi connectivity index (χ1n) is 9.85. The van der Waals surface area contributed by atoms with Crippen LogP contribution in [0.5, 0.6) is 5.75 Å². The minimum absolute atomic E-state index is 0.0438. The highest BCUT2D eigenvalue weighted by molar-refractivity contribution is 6.09. The zero-order chi connectivity index (χ0) is 21.9. The van der Waals surface area contributed by atoms with Gasteiger partial charge in [0.15, 0.2) is 0 Å². The molecule has 0 radical (unpaired) electrons. The molecule has 0 amide bonds. The van der Waals surface area contributed by atoms with E-state index >= 15 is 0 Å². The number of aromatic nitrogens is 1. The summed E-state index contributed by atoms with van der Waals surface area (Å²) in [6.07, 6.45) is -1.94. The summed E-state index contributed by atoms with van der Waals surface area (Å²) in [6, 6.07) is 7.18. The van der Waals surface area contributed by atoms with E-state index in [4.69, 9.17) is 5.41 Å². The lowest BCUT2D eigenvalue weighted by molar-refractivity contribution is -0.274. The molecule has 30 heavy (non-hydrogen) atoms. The third-order valence-electron chi connectivity index (χ3n) is 5.12. The summed E-state index contributed by atoms with van der Waals surface area (Å²) in [6.45, 7) is 4.95. The molecular weight excluding hydrogens is 397 g/mol. The molecule has 0 saturated carbocycles. The Morgan fingerprint density at radius 3 is 2.40 bits per heavy atom. The third-order valence-corrected chi connectivity index (χ3v) is 5.12. The van der Waals surface area contributed by atoms with Crippen molar-refractivity contribution in [2.45, 2.75) is 39.2 Å². The summed E-state index contributed by atoms with van der Waals surface area (Å²) in [5, 5.41) is 21.7. The second-order valence-corrected chi connectivity index (χ2v) is 7.24. The summed E-state index contributed by atoms with van der Waals surface area (Å²) in [4.78, 5) is 6.37. The Kier molecular flexibility index (Phi) is 6.50. The molecule has 1 aromatic carbocycles. The molecule has 1 saturated heterocycles. The zero-order valence-corrected chi connectivity index (χ0v) is 16.8. The number of pyridine rings is 1. The Morgan fingerprint density at radius 1 is 1.23 bits per heavy atom. The van der Waals surface area contributed by atoms with E-state index < -0.39 is 12.5 Å². The van der Waals surface area contributed by atoms with Crippen molar-refractivity contribution in [1.82, 2.24) is 4.98 Å². The van der Waals surface area contributed by atoms with Crippen molar-refractivity contribution in [3.8, 4) is 5.75 Å². The first kappa shape index (κ1) is 21.9. The molecule has 1 aromatic heterocycles. The number of rotatable bonds is 8. The molecule has 0 unspecified atom stereocenters. The van der Waals surface area contributed by atoms with Gasteiger partial charge in [0.25, 0.3) is 0 Å². The van der Waals surface area contributed by atoms with Gasteiger partial charge in [-0.1, -0.05) is 13.8 Å². The number of nitrogens with zero attached hydrogens (tertiary/aromatic N) is 2. The molecule has 0 aliphatic carbocycles. The standard InChI is InChI=1S/C21H25F3N4O2/c1-3-13(4-2)19(25)18-17(9-10-26-20(18)28-11-15(29)12-28)27-14-5-7-16(8-6-14)30-21(22,23)24/h5-10,13,15,25,29H,3-4,11-12H2,1-2H3,(H,26,27). The fraction of sp³-hybridized carbons (Fsp3) is 0.429. The van der Waals surface area contributed by atoms with Crippen LogP contribution in [0.15, 0.2) is 36.5 Å². The van der Waals surface area contributed by atoms with Crippen molar-refractivity contribution >= 4 is 22.9 Å². The zero-order valence-electron chi connectivity index (χ0n) is 16.8. The molecule has 162 valence electrons. The third kappa shape index (κ3) is 5.02. The molecule has 6 nitrogen and oxygen atoms in total. The van der Waals surface area contributed by atoms with Crippen molar-refractivity contribution in [2.24, 2.45) is 5.92 Å². The lowest BCUT2D eigenvalue weighted by Crippen LogP contribution is -2.51. The van der Waals surface area contributed by atoms with E-state index in [1.807, 2.05) is 18.7 Å². The van der Waals surface area contributed by atoms with E-state index in [-0.39, 0.29) is 11.7 Å². The maximum atomic E-state index is 12.4. The van der Waals surface area contributed by atoms with E-state index in [9.17, 15) is 18.3 Å². The van der Waals surface area contributed by atoms with E-state index in [0.717, 1.165) is 12.8 Å². The number of hydrogen-bond acceptors (Lipinski definition) is 6. The van der Waals surface area contributed by atoms with E-state index in [1.165, 1.54) is 24.3 Å². The lowest BCUT2D eigenvalue weighted by Gasteiger charge is -2.38. The lowest BCUT2D eigenvalue weighted by atomic mass is 9.90. The summed E-state index contributed by atoms with van der Waals surface area (Å²) >= 11 is 0. The molecule has 0 atom stereocenters. The van der Waals surface area contributed by atoms with Gasteiger partial charge in [-0.05, 0) is 43.2 Å². The summed E-state index contributed by atoms with van der Waals surface area (Å²) in [5.41, 5.74) is 2.30. The van der Waals surface area contributed by atoms with Gasteiger partial charge in [0, 0.05) is 36.6 Å². The van der Waals surface area contributed by atoms with Crippen LogP contribution < -0.4 is 15.0 Å². The predicted octanol–water partition coefficient (Wildman–Crippen LogP) is 4.71. The highest BCUT2D eigenvalue weighted by atomic mass is 19.4. The number of nitrogens with one attached hydrogen (secondary N) is 2. The molecule has 2 heterocycles. The van der Waals surface area contributed by atoms with Crippen LogP contribution >= 0.6 is 0 Å². The molecule has 0 spiro atoms. The summed E-state index contributed by atoms with van der Waals surface area (Å²) < 4.78 is 41.0. The number of halogens is 3. The topological polar surface area (TPSA) is 81.5 Å². The van der Waals surface area contributed by atoms with Gasteiger partial charge >= 0.3 is 6.36 Å². The number of aliphatic hydroxyl groups excluding tert-OH is 1. The van der Waals surface area contributed by atoms with E-state index in [0.29, 0.717) is 41.6 Å². The molecular formula is C21H25F3N4O2. The minimum atomic E-state index is -4.74. The smallest absolute Gasteiger partial charge is 0.406 e. The number of ether oxygens (including phenoxy) is 1. The Labute approximate surface area is 173 Å². The second-order valence-electron chi connectivity index (χ2n) is 7.24. The summed E-state index contributed by atoms with van der Waals surface area (Å²) in [7, 11) is 0. The van der Waals surface area contributed by atoms with Crippen LogP contribution in [-0.2, 0) is 0 Å². The molecule has 3 N–H and O–H groups in total. The second kappa shape index (κ2) is 8.91. The highest BCUT2D eigenvalue weighted by Crippen LogP contribution is 2.34. The van der Waals surface area contributed by atoms with Gasteiger partial charge in [-0.15, -0.1) is 13.2 Å². The van der Waals surface area contributed by atoms with Crippen LogP contribution in [0, 0.1) is 11.3 Å². The first-order chi connectivity index (χ1) is 14.2. The minimum Gasteiger partial charge on any atom is -0.406 e. The van der Waals surface area contributed by atoms with Gasteiger partial charge in [-0.3, -0.25) is 0 Å². The van der Waals surface area contributed by atoms with Crippen molar-refractivity contribution in [1.29, 1.82) is 5.41 Å². The number of benzene rings is 1. The van der Waals surface area contributed by atoms with Crippen molar-refractivity contribution < 1.29 is 23.0 Å². The van der Waals surface area contributed by atoms with Gasteiger partial charge in [0.2, 0.25) is 0 Å². The molecule has 0 bridgehead atoms. The Bertz CT molecular complexity index is 877. The highest BCUT2D eigenvalue weighted by Gasteiger charge is 2.32. The van der Waals surface area contributed by atoms with Crippen LogP contribution in [0.4, 0.5) is 30.4 Å². The molecule has 3 rings (SSSR count). The number of anilines is 3. The maximum Gasteiger partial charge on any atom is 0.573 e.